The van der Waals surface area contributed by atoms with Gasteiger partial charge in [0, 0.05) is 23.4 Å². The smallest absolute Gasteiger partial charge is 0.331 e. The Balaban J connectivity index is 1.21. The molecule has 4 fully saturated rings. The second-order valence-electron chi connectivity index (χ2n) is 12.0. The number of hydrazone groups is 1. The Morgan fingerprint density at radius 2 is 2.00 bits per heavy atom. The molecule has 1 aromatic heterocycles. The summed E-state index contributed by atoms with van der Waals surface area (Å²) in [6, 6.07) is 5.83. The number of hydrogen-bond acceptors (Lipinski definition) is 6. The lowest BCUT2D eigenvalue weighted by molar-refractivity contribution is -0.200. The minimum absolute atomic E-state index is 0.162. The first-order chi connectivity index (χ1) is 16.3. The van der Waals surface area contributed by atoms with E-state index in [1.807, 2.05) is 18.2 Å². The van der Waals surface area contributed by atoms with Crippen LogP contribution in [-0.4, -0.2) is 34.0 Å². The monoisotopic (exact) mass is 463 g/mol. The van der Waals surface area contributed by atoms with Crippen molar-refractivity contribution < 1.29 is 14.6 Å². The molecule has 1 aliphatic heterocycles. The Kier molecular flexibility index (Phi) is 5.18. The Morgan fingerprint density at radius 1 is 1.12 bits per heavy atom. The molecule has 0 amide bonds. The quantitative estimate of drug-likeness (QED) is 0.481. The minimum Gasteiger partial charge on any atom is -0.458 e. The number of hydrogen-bond donors (Lipinski definition) is 2. The van der Waals surface area contributed by atoms with Gasteiger partial charge in [0.05, 0.1) is 5.60 Å². The standard InChI is InChI=1S/C28H37N3O3/c1-26-11-8-20(30-31-24-5-3-4-14-29-24)16-19(26)6-7-23-22(26)9-12-27(2)21(10-13-28(23,27)33)18-15-25(32)34-17-18/h3-5,14-15,19,21-23,33H,6-13,16-17H2,1-2H3,(H,29,31)/b30-20-/t19-,21-,22+,23-,26+,27-,28+/m1/s1. The second-order valence-corrected chi connectivity index (χ2v) is 12.0. The van der Waals surface area contributed by atoms with Gasteiger partial charge in [-0.05, 0) is 105 Å². The molecule has 0 saturated heterocycles. The molecule has 1 aromatic rings. The highest BCUT2D eigenvalue weighted by molar-refractivity contribution is 5.86. The van der Waals surface area contributed by atoms with Crippen molar-refractivity contribution in [2.45, 2.75) is 77.2 Å². The normalized spacial score (nSPS) is 44.6. The molecule has 7 atom stereocenters. The third kappa shape index (κ3) is 3.20. The van der Waals surface area contributed by atoms with Gasteiger partial charge in [0.1, 0.15) is 12.4 Å². The van der Waals surface area contributed by atoms with Gasteiger partial charge >= 0.3 is 5.97 Å². The highest BCUT2D eigenvalue weighted by Gasteiger charge is 2.67. The fourth-order valence-electron chi connectivity index (χ4n) is 8.88. The second kappa shape index (κ2) is 7.91. The van der Waals surface area contributed by atoms with Gasteiger partial charge in [-0.1, -0.05) is 19.9 Å². The van der Waals surface area contributed by atoms with Gasteiger partial charge in [-0.3, -0.25) is 5.43 Å². The SMILES string of the molecule is C[C@]12CC/C(=N/Nc3ccccn3)C[C@H]1CC[C@@H]1[C@@H]2CC[C@]2(C)[C@@H](C3=CC(=O)OC3)CC[C@]12O. The fraction of sp³-hybridized carbons (Fsp3) is 0.679. The lowest BCUT2D eigenvalue weighted by Crippen LogP contribution is -2.62. The van der Waals surface area contributed by atoms with Crippen LogP contribution < -0.4 is 5.43 Å². The van der Waals surface area contributed by atoms with Gasteiger partial charge in [0.2, 0.25) is 0 Å². The molecule has 6 heteroatoms. The third-order valence-electron chi connectivity index (χ3n) is 10.8. The van der Waals surface area contributed by atoms with Gasteiger partial charge in [-0.2, -0.15) is 5.10 Å². The van der Waals surface area contributed by atoms with E-state index >= 15 is 0 Å². The van der Waals surface area contributed by atoms with Crippen molar-refractivity contribution in [1.82, 2.24) is 4.98 Å². The molecule has 182 valence electrons. The first-order valence-electron chi connectivity index (χ1n) is 13.2. The summed E-state index contributed by atoms with van der Waals surface area (Å²) in [6.45, 7) is 5.22. The van der Waals surface area contributed by atoms with Crippen molar-refractivity contribution in [3.63, 3.8) is 0 Å². The number of esters is 1. The van der Waals surface area contributed by atoms with Crippen LogP contribution in [0.5, 0.6) is 0 Å². The zero-order chi connectivity index (χ0) is 23.6. The maximum absolute atomic E-state index is 12.3. The molecular weight excluding hydrogens is 426 g/mol. The van der Waals surface area contributed by atoms with Crippen LogP contribution in [0.1, 0.15) is 71.6 Å². The summed E-state index contributed by atoms with van der Waals surface area (Å²) in [7, 11) is 0. The van der Waals surface area contributed by atoms with Gasteiger partial charge in [0.25, 0.3) is 0 Å². The number of aliphatic hydroxyl groups is 1. The summed E-state index contributed by atoms with van der Waals surface area (Å²) in [5.41, 5.74) is 4.97. The van der Waals surface area contributed by atoms with Crippen LogP contribution in [0.25, 0.3) is 0 Å². The average molecular weight is 464 g/mol. The summed E-state index contributed by atoms with van der Waals surface area (Å²) in [5, 5.41) is 17.1. The number of nitrogens with zero attached hydrogens (tertiary/aromatic N) is 2. The maximum atomic E-state index is 12.3. The molecule has 6 rings (SSSR count). The van der Waals surface area contributed by atoms with Gasteiger partial charge < -0.3 is 9.84 Å². The van der Waals surface area contributed by atoms with E-state index in [0.717, 1.165) is 62.8 Å². The number of carbonyl (C=O) groups is 1. The van der Waals surface area contributed by atoms with Gasteiger partial charge in [0.15, 0.2) is 0 Å². The minimum atomic E-state index is -0.643. The van der Waals surface area contributed by atoms with Crippen LogP contribution in [0.2, 0.25) is 0 Å². The Hall–Kier alpha value is -2.21. The van der Waals surface area contributed by atoms with Crippen molar-refractivity contribution in [2.75, 3.05) is 12.0 Å². The van der Waals surface area contributed by atoms with Crippen LogP contribution in [-0.2, 0) is 9.53 Å². The number of pyridine rings is 1. The van der Waals surface area contributed by atoms with Crippen molar-refractivity contribution in [1.29, 1.82) is 0 Å². The molecular formula is C28H37N3O3. The van der Waals surface area contributed by atoms with Crippen LogP contribution in [0.4, 0.5) is 5.82 Å². The van der Waals surface area contributed by atoms with Crippen LogP contribution in [0.15, 0.2) is 41.1 Å². The molecule has 0 unspecified atom stereocenters. The molecule has 2 heterocycles. The number of fused-ring (bicyclic) bond motifs is 5. The highest BCUT2D eigenvalue weighted by atomic mass is 16.5. The van der Waals surface area contributed by atoms with Crippen molar-refractivity contribution >= 4 is 17.5 Å². The third-order valence-corrected chi connectivity index (χ3v) is 10.8. The van der Waals surface area contributed by atoms with Crippen molar-refractivity contribution in [2.24, 2.45) is 39.6 Å². The van der Waals surface area contributed by atoms with E-state index in [0.29, 0.717) is 24.4 Å². The molecule has 34 heavy (non-hydrogen) atoms. The van der Waals surface area contributed by atoms with Crippen LogP contribution in [0, 0.1) is 34.5 Å². The summed E-state index contributed by atoms with van der Waals surface area (Å²) >= 11 is 0. The molecule has 0 bridgehead atoms. The number of anilines is 1. The number of aromatic nitrogens is 1. The number of nitrogens with one attached hydrogen (secondary N) is 1. The number of rotatable bonds is 3. The zero-order valence-electron chi connectivity index (χ0n) is 20.4. The molecule has 0 radical (unpaired) electrons. The van der Waals surface area contributed by atoms with E-state index in [1.165, 1.54) is 12.1 Å². The lowest BCUT2D eigenvalue weighted by Gasteiger charge is -2.63. The molecule has 5 aliphatic rings. The summed E-state index contributed by atoms with van der Waals surface area (Å²) in [5.74, 6) is 2.37. The predicted octanol–water partition coefficient (Wildman–Crippen LogP) is 5.11. The van der Waals surface area contributed by atoms with Gasteiger partial charge in [-0.25, -0.2) is 9.78 Å². The number of carbonyl (C=O) groups excluding carboxylic acids is 1. The Morgan fingerprint density at radius 3 is 2.76 bits per heavy atom. The van der Waals surface area contributed by atoms with E-state index in [1.54, 1.807) is 12.3 Å². The summed E-state index contributed by atoms with van der Waals surface area (Å²) < 4.78 is 5.25. The number of ether oxygens (including phenoxy) is 1. The molecule has 0 spiro atoms. The molecule has 4 saturated carbocycles. The van der Waals surface area contributed by atoms with Gasteiger partial charge in [-0.15, -0.1) is 0 Å². The van der Waals surface area contributed by atoms with E-state index in [-0.39, 0.29) is 22.7 Å². The van der Waals surface area contributed by atoms with E-state index in [9.17, 15) is 9.90 Å². The van der Waals surface area contributed by atoms with E-state index in [4.69, 9.17) is 9.84 Å². The average Bonchev–Trinajstić information content (AvgIpc) is 3.38. The summed E-state index contributed by atoms with van der Waals surface area (Å²) in [6.07, 6.45) is 13.0. The molecule has 2 N–H and O–H groups in total. The molecule has 4 aliphatic carbocycles. The molecule has 0 aromatic carbocycles. The first-order valence-corrected chi connectivity index (χ1v) is 13.2. The zero-order valence-corrected chi connectivity index (χ0v) is 20.4. The highest BCUT2D eigenvalue weighted by Crippen LogP contribution is 2.69. The van der Waals surface area contributed by atoms with E-state index < -0.39 is 5.60 Å². The van der Waals surface area contributed by atoms with Crippen LogP contribution >= 0.6 is 0 Å². The topological polar surface area (TPSA) is 83.8 Å². The Bertz CT molecular complexity index is 1040. The fourth-order valence-corrected chi connectivity index (χ4v) is 8.88. The Labute approximate surface area is 202 Å². The number of cyclic esters (lactones) is 1. The van der Waals surface area contributed by atoms with E-state index in [2.05, 4.69) is 24.3 Å². The lowest BCUT2D eigenvalue weighted by atomic mass is 9.43. The van der Waals surface area contributed by atoms with Crippen molar-refractivity contribution in [3.05, 3.63) is 36.0 Å². The largest absolute Gasteiger partial charge is 0.458 e. The maximum Gasteiger partial charge on any atom is 0.331 e. The van der Waals surface area contributed by atoms with Crippen molar-refractivity contribution in [3.8, 4) is 0 Å². The predicted molar refractivity (Wildman–Crippen MR) is 131 cm³/mol. The van der Waals surface area contributed by atoms with Crippen LogP contribution in [0.3, 0.4) is 0 Å². The summed E-state index contributed by atoms with van der Waals surface area (Å²) in [4.78, 5) is 16.1. The molecule has 6 nitrogen and oxygen atoms in total. The first kappa shape index (κ1) is 22.3.